The van der Waals surface area contributed by atoms with E-state index in [4.69, 9.17) is 16.1 Å². The van der Waals surface area contributed by atoms with Gasteiger partial charge in [0.05, 0.1) is 0 Å². The second-order valence-corrected chi connectivity index (χ2v) is 8.16. The van der Waals surface area contributed by atoms with E-state index in [1.807, 2.05) is 25.1 Å². The molecule has 0 aliphatic carbocycles. The van der Waals surface area contributed by atoms with Crippen LogP contribution in [-0.2, 0) is 4.79 Å². The van der Waals surface area contributed by atoms with Gasteiger partial charge in [0.25, 0.3) is 0 Å². The number of hydrogen-bond acceptors (Lipinski definition) is 8. The van der Waals surface area contributed by atoms with Crippen molar-refractivity contribution in [2.24, 2.45) is 0 Å². The van der Waals surface area contributed by atoms with Gasteiger partial charge in [-0.05, 0) is 31.5 Å². The van der Waals surface area contributed by atoms with Crippen LogP contribution in [0.2, 0.25) is 5.02 Å². The Bertz CT molecular complexity index is 912. The Morgan fingerprint density at radius 2 is 2.15 bits per heavy atom. The van der Waals surface area contributed by atoms with Crippen molar-refractivity contribution in [2.45, 2.75) is 24.6 Å². The van der Waals surface area contributed by atoms with Gasteiger partial charge in [-0.2, -0.15) is 0 Å². The van der Waals surface area contributed by atoms with Crippen LogP contribution in [0.4, 0.5) is 16.6 Å². The Hall–Kier alpha value is -2.10. The number of anilines is 3. The fourth-order valence-corrected chi connectivity index (χ4v) is 3.94. The van der Waals surface area contributed by atoms with Gasteiger partial charge >= 0.3 is 0 Å². The minimum Gasteiger partial charge on any atom is -0.360 e. The van der Waals surface area contributed by atoms with Crippen molar-refractivity contribution in [1.82, 2.24) is 15.4 Å². The summed E-state index contributed by atoms with van der Waals surface area (Å²) in [5, 5.41) is 19.2. The van der Waals surface area contributed by atoms with Crippen molar-refractivity contribution in [1.29, 1.82) is 0 Å². The van der Waals surface area contributed by atoms with Crippen molar-refractivity contribution in [3.05, 3.63) is 40.6 Å². The highest BCUT2D eigenvalue weighted by Gasteiger charge is 2.09. The number of amides is 1. The van der Waals surface area contributed by atoms with Crippen molar-refractivity contribution in [2.75, 3.05) is 16.4 Å². The lowest BCUT2D eigenvalue weighted by Crippen LogP contribution is -2.12. The number of hydrogen-bond donors (Lipinski definition) is 2. The van der Waals surface area contributed by atoms with E-state index in [0.717, 1.165) is 15.6 Å². The summed E-state index contributed by atoms with van der Waals surface area (Å²) in [4.78, 5) is 11.9. The molecule has 3 rings (SSSR count). The standard InChI is InChI=1S/C16H16ClN5O2S2/c1-9-3-4-11(8-12(9)17)18-15-20-21-16(26-15)25-6-5-14(23)19-13-7-10(2)24-22-13/h3-4,7-8H,5-6H2,1-2H3,(H,18,20)(H,19,22,23). The van der Waals surface area contributed by atoms with Crippen molar-refractivity contribution >= 4 is 57.2 Å². The monoisotopic (exact) mass is 409 g/mol. The quantitative estimate of drug-likeness (QED) is 0.548. The number of rotatable bonds is 7. The Balaban J connectivity index is 1.46. The first-order valence-corrected chi connectivity index (χ1v) is 9.90. The number of carbonyl (C=O) groups is 1. The van der Waals surface area contributed by atoms with Crippen LogP contribution in [0, 0.1) is 13.8 Å². The Kier molecular flexibility index (Phi) is 6.12. The number of halogens is 1. The molecule has 0 atom stereocenters. The van der Waals surface area contributed by atoms with Crippen LogP contribution in [-0.4, -0.2) is 27.0 Å². The lowest BCUT2D eigenvalue weighted by molar-refractivity contribution is -0.115. The predicted molar refractivity (Wildman–Crippen MR) is 105 cm³/mol. The number of nitrogens with zero attached hydrogens (tertiary/aromatic N) is 3. The molecule has 0 aliphatic rings. The third kappa shape index (κ3) is 5.20. The summed E-state index contributed by atoms with van der Waals surface area (Å²) in [7, 11) is 0. The molecule has 26 heavy (non-hydrogen) atoms. The molecular weight excluding hydrogens is 394 g/mol. The third-order valence-corrected chi connectivity index (χ3v) is 5.66. The number of aromatic nitrogens is 3. The lowest BCUT2D eigenvalue weighted by atomic mass is 10.2. The van der Waals surface area contributed by atoms with Gasteiger partial charge in [-0.25, -0.2) is 0 Å². The van der Waals surface area contributed by atoms with Crippen LogP contribution in [0.1, 0.15) is 17.7 Å². The number of aryl methyl sites for hydroxylation is 2. The second-order valence-electron chi connectivity index (χ2n) is 5.43. The molecule has 0 saturated carbocycles. The lowest BCUT2D eigenvalue weighted by Gasteiger charge is -2.03. The molecule has 2 heterocycles. The van der Waals surface area contributed by atoms with E-state index < -0.39 is 0 Å². The first kappa shape index (κ1) is 18.7. The molecule has 1 amide bonds. The number of carbonyl (C=O) groups excluding carboxylic acids is 1. The normalized spacial score (nSPS) is 10.7. The van der Waals surface area contributed by atoms with Crippen LogP contribution >= 0.6 is 34.7 Å². The maximum Gasteiger partial charge on any atom is 0.226 e. The zero-order valence-corrected chi connectivity index (χ0v) is 16.5. The smallest absolute Gasteiger partial charge is 0.226 e. The highest BCUT2D eigenvalue weighted by Crippen LogP contribution is 2.29. The molecule has 1 aromatic carbocycles. The summed E-state index contributed by atoms with van der Waals surface area (Å²) >= 11 is 9.02. The summed E-state index contributed by atoms with van der Waals surface area (Å²) in [5.41, 5.74) is 1.88. The fraction of sp³-hybridized carbons (Fsp3) is 0.250. The van der Waals surface area contributed by atoms with E-state index in [0.29, 0.717) is 33.9 Å². The van der Waals surface area contributed by atoms with Crippen LogP contribution in [0.15, 0.2) is 33.1 Å². The Morgan fingerprint density at radius 3 is 2.88 bits per heavy atom. The van der Waals surface area contributed by atoms with E-state index in [-0.39, 0.29) is 5.91 Å². The highest BCUT2D eigenvalue weighted by atomic mass is 35.5. The molecule has 2 N–H and O–H groups in total. The highest BCUT2D eigenvalue weighted by molar-refractivity contribution is 8.01. The van der Waals surface area contributed by atoms with E-state index in [1.54, 1.807) is 13.0 Å². The minimum atomic E-state index is -0.122. The molecule has 0 spiro atoms. The molecule has 7 nitrogen and oxygen atoms in total. The van der Waals surface area contributed by atoms with E-state index in [9.17, 15) is 4.79 Å². The molecule has 0 unspecified atom stereocenters. The van der Waals surface area contributed by atoms with Crippen LogP contribution in [0.25, 0.3) is 0 Å². The molecule has 136 valence electrons. The molecule has 0 fully saturated rings. The van der Waals surface area contributed by atoms with Gasteiger partial charge in [-0.1, -0.05) is 45.9 Å². The number of thioether (sulfide) groups is 1. The summed E-state index contributed by atoms with van der Waals surface area (Å²) in [5.74, 6) is 1.55. The second kappa shape index (κ2) is 8.52. The summed E-state index contributed by atoms with van der Waals surface area (Å²) in [6.07, 6.45) is 0.340. The molecule has 10 heteroatoms. The van der Waals surface area contributed by atoms with Gasteiger partial charge in [0.15, 0.2) is 10.2 Å². The van der Waals surface area contributed by atoms with E-state index >= 15 is 0 Å². The summed E-state index contributed by atoms with van der Waals surface area (Å²) in [6.45, 7) is 3.72. The van der Waals surface area contributed by atoms with Crippen LogP contribution < -0.4 is 10.6 Å². The first-order chi connectivity index (χ1) is 12.5. The minimum absolute atomic E-state index is 0.122. The SMILES string of the molecule is Cc1cc(NC(=O)CCSc2nnc(Nc3ccc(C)c(Cl)c3)s2)no1. The maximum absolute atomic E-state index is 11.9. The molecule has 0 bridgehead atoms. The average Bonchev–Trinajstić information content (AvgIpc) is 3.20. The predicted octanol–water partition coefficient (Wildman–Crippen LogP) is 4.66. The molecule has 0 saturated heterocycles. The number of nitrogens with one attached hydrogen (secondary N) is 2. The zero-order chi connectivity index (χ0) is 18.5. The zero-order valence-electron chi connectivity index (χ0n) is 14.1. The Morgan fingerprint density at radius 1 is 1.31 bits per heavy atom. The largest absolute Gasteiger partial charge is 0.360 e. The van der Waals surface area contributed by atoms with E-state index in [1.165, 1.54) is 23.1 Å². The van der Waals surface area contributed by atoms with Crippen molar-refractivity contribution < 1.29 is 9.32 Å². The molecule has 2 aromatic heterocycles. The molecule has 0 aliphatic heterocycles. The maximum atomic E-state index is 11.9. The van der Waals surface area contributed by atoms with Gasteiger partial charge in [-0.15, -0.1) is 10.2 Å². The first-order valence-electron chi connectivity index (χ1n) is 7.72. The molecular formula is C16H16ClN5O2S2. The van der Waals surface area contributed by atoms with Gasteiger partial charge in [0.2, 0.25) is 11.0 Å². The van der Waals surface area contributed by atoms with Crippen LogP contribution in [0.3, 0.4) is 0 Å². The topological polar surface area (TPSA) is 92.9 Å². The molecule has 0 radical (unpaired) electrons. The average molecular weight is 410 g/mol. The Labute approximate surface area is 163 Å². The van der Waals surface area contributed by atoms with Crippen molar-refractivity contribution in [3.8, 4) is 0 Å². The van der Waals surface area contributed by atoms with Gasteiger partial charge < -0.3 is 15.2 Å². The summed E-state index contributed by atoms with van der Waals surface area (Å²) < 4.78 is 5.69. The van der Waals surface area contributed by atoms with E-state index in [2.05, 4.69) is 26.0 Å². The van der Waals surface area contributed by atoms with Gasteiger partial charge in [0.1, 0.15) is 5.76 Å². The van der Waals surface area contributed by atoms with Gasteiger partial charge in [-0.3, -0.25) is 4.79 Å². The number of benzene rings is 1. The third-order valence-electron chi connectivity index (χ3n) is 3.28. The fourth-order valence-electron chi connectivity index (χ4n) is 1.97. The van der Waals surface area contributed by atoms with Gasteiger partial charge in [0, 0.05) is 29.0 Å². The van der Waals surface area contributed by atoms with Crippen molar-refractivity contribution in [3.63, 3.8) is 0 Å². The molecule has 3 aromatic rings. The van der Waals surface area contributed by atoms with Crippen LogP contribution in [0.5, 0.6) is 0 Å². The summed E-state index contributed by atoms with van der Waals surface area (Å²) in [6, 6.07) is 7.40.